The highest BCUT2D eigenvalue weighted by molar-refractivity contribution is 5.67. The van der Waals surface area contributed by atoms with Gasteiger partial charge < -0.3 is 4.98 Å². The van der Waals surface area contributed by atoms with Gasteiger partial charge in [-0.2, -0.15) is 0 Å². The SMILES string of the molecule is O=c1[nH]c2nc[nH]c2c(=O)n1C1CC1. The third-order valence-electron chi connectivity index (χ3n) is 2.43. The van der Waals surface area contributed by atoms with E-state index in [4.69, 9.17) is 0 Å². The molecule has 2 heterocycles. The van der Waals surface area contributed by atoms with Crippen LogP contribution in [0, 0.1) is 0 Å². The van der Waals surface area contributed by atoms with Crippen molar-refractivity contribution in [3.63, 3.8) is 0 Å². The van der Waals surface area contributed by atoms with Crippen LogP contribution < -0.4 is 11.2 Å². The van der Waals surface area contributed by atoms with E-state index in [0.29, 0.717) is 11.2 Å². The van der Waals surface area contributed by atoms with Crippen molar-refractivity contribution in [1.82, 2.24) is 19.5 Å². The average Bonchev–Trinajstić information content (AvgIpc) is 2.84. The average molecular weight is 192 g/mol. The predicted octanol–water partition coefficient (Wildman–Crippen LogP) is -0.252. The van der Waals surface area contributed by atoms with E-state index in [2.05, 4.69) is 15.0 Å². The molecule has 2 aromatic rings. The normalized spacial score (nSPS) is 16.3. The van der Waals surface area contributed by atoms with Gasteiger partial charge in [0, 0.05) is 6.04 Å². The summed E-state index contributed by atoms with van der Waals surface area (Å²) in [6, 6.07) is 0.0824. The number of aromatic nitrogens is 4. The smallest absolute Gasteiger partial charge is 0.330 e. The van der Waals surface area contributed by atoms with Crippen molar-refractivity contribution in [1.29, 1.82) is 0 Å². The number of nitrogens with one attached hydrogen (secondary N) is 2. The lowest BCUT2D eigenvalue weighted by molar-refractivity contribution is 0.664. The number of imidazole rings is 1. The molecule has 0 aromatic carbocycles. The molecule has 6 nitrogen and oxygen atoms in total. The molecule has 0 atom stereocenters. The second-order valence-corrected chi connectivity index (χ2v) is 3.46. The van der Waals surface area contributed by atoms with E-state index >= 15 is 0 Å². The Morgan fingerprint density at radius 2 is 2.21 bits per heavy atom. The van der Waals surface area contributed by atoms with Crippen molar-refractivity contribution in [2.45, 2.75) is 18.9 Å². The number of hydrogen-bond donors (Lipinski definition) is 2. The van der Waals surface area contributed by atoms with Gasteiger partial charge in [0.05, 0.1) is 6.33 Å². The zero-order valence-electron chi connectivity index (χ0n) is 7.28. The Morgan fingerprint density at radius 1 is 1.43 bits per heavy atom. The fourth-order valence-corrected chi connectivity index (χ4v) is 1.59. The molecule has 0 aliphatic heterocycles. The second-order valence-electron chi connectivity index (χ2n) is 3.46. The van der Waals surface area contributed by atoms with Gasteiger partial charge in [0.15, 0.2) is 5.65 Å². The molecule has 1 fully saturated rings. The molecule has 1 aliphatic rings. The Kier molecular flexibility index (Phi) is 1.26. The molecule has 0 amide bonds. The van der Waals surface area contributed by atoms with Crippen LogP contribution in [0.5, 0.6) is 0 Å². The molecule has 0 saturated heterocycles. The molecule has 72 valence electrons. The largest absolute Gasteiger partial charge is 0.339 e. The van der Waals surface area contributed by atoms with Crippen molar-refractivity contribution in [3.05, 3.63) is 27.2 Å². The highest BCUT2D eigenvalue weighted by Crippen LogP contribution is 2.32. The Balaban J connectivity index is 2.48. The number of aromatic amines is 2. The van der Waals surface area contributed by atoms with Crippen molar-refractivity contribution in [3.8, 4) is 0 Å². The van der Waals surface area contributed by atoms with E-state index < -0.39 is 0 Å². The van der Waals surface area contributed by atoms with Gasteiger partial charge >= 0.3 is 5.69 Å². The van der Waals surface area contributed by atoms with Crippen LogP contribution in [0.2, 0.25) is 0 Å². The second kappa shape index (κ2) is 2.34. The third kappa shape index (κ3) is 0.876. The summed E-state index contributed by atoms with van der Waals surface area (Å²) < 4.78 is 1.26. The number of rotatable bonds is 1. The summed E-state index contributed by atoms with van der Waals surface area (Å²) in [5.74, 6) is 0. The fourth-order valence-electron chi connectivity index (χ4n) is 1.59. The minimum Gasteiger partial charge on any atom is -0.339 e. The summed E-state index contributed by atoms with van der Waals surface area (Å²) in [5.41, 5.74) is 0.0641. The molecule has 1 aliphatic carbocycles. The Bertz CT molecular complexity index is 602. The Hall–Kier alpha value is -1.85. The molecular weight excluding hydrogens is 184 g/mol. The molecule has 3 rings (SSSR count). The fraction of sp³-hybridized carbons (Fsp3) is 0.375. The number of H-pyrrole nitrogens is 2. The van der Waals surface area contributed by atoms with Gasteiger partial charge in [0.1, 0.15) is 5.52 Å². The minimum atomic E-state index is -0.364. The molecule has 0 radical (unpaired) electrons. The first-order valence-corrected chi connectivity index (χ1v) is 4.45. The summed E-state index contributed by atoms with van der Waals surface area (Å²) in [6.07, 6.45) is 3.21. The first kappa shape index (κ1) is 7.54. The van der Waals surface area contributed by atoms with Crippen molar-refractivity contribution in [2.24, 2.45) is 0 Å². The number of fused-ring (bicyclic) bond motifs is 1. The van der Waals surface area contributed by atoms with Gasteiger partial charge in [-0.25, -0.2) is 9.78 Å². The van der Waals surface area contributed by atoms with Crippen molar-refractivity contribution in [2.75, 3.05) is 0 Å². The molecule has 14 heavy (non-hydrogen) atoms. The topological polar surface area (TPSA) is 83.5 Å². The lowest BCUT2D eigenvalue weighted by atomic mass is 10.5. The van der Waals surface area contributed by atoms with Crippen molar-refractivity contribution >= 4 is 11.2 Å². The van der Waals surface area contributed by atoms with Crippen LogP contribution in [0.3, 0.4) is 0 Å². The summed E-state index contributed by atoms with van der Waals surface area (Å²) in [7, 11) is 0. The first-order chi connectivity index (χ1) is 6.77. The zero-order valence-corrected chi connectivity index (χ0v) is 7.28. The number of nitrogens with zero attached hydrogens (tertiary/aromatic N) is 2. The maximum absolute atomic E-state index is 11.8. The molecule has 0 spiro atoms. The van der Waals surface area contributed by atoms with E-state index in [1.807, 2.05) is 0 Å². The summed E-state index contributed by atoms with van der Waals surface area (Å²) in [5, 5.41) is 0. The standard InChI is InChI=1S/C8H8N4O2/c13-7-5-6(10-3-9-5)11-8(14)12(7)4-1-2-4/h3-4H,1-2H2,(H,9,10)(H,11,14). The summed E-state index contributed by atoms with van der Waals surface area (Å²) in [4.78, 5) is 32.4. The van der Waals surface area contributed by atoms with Crippen LogP contribution in [-0.2, 0) is 0 Å². The number of hydrogen-bond acceptors (Lipinski definition) is 3. The van der Waals surface area contributed by atoms with E-state index in [0.717, 1.165) is 12.8 Å². The van der Waals surface area contributed by atoms with E-state index in [1.165, 1.54) is 10.9 Å². The van der Waals surface area contributed by atoms with Gasteiger partial charge in [0.25, 0.3) is 5.56 Å². The van der Waals surface area contributed by atoms with Crippen LogP contribution in [0.25, 0.3) is 11.2 Å². The molecule has 2 N–H and O–H groups in total. The molecule has 2 aromatic heterocycles. The predicted molar refractivity (Wildman–Crippen MR) is 49.2 cm³/mol. The van der Waals surface area contributed by atoms with Crippen LogP contribution in [0.4, 0.5) is 0 Å². The van der Waals surface area contributed by atoms with Gasteiger partial charge in [-0.3, -0.25) is 14.3 Å². The third-order valence-corrected chi connectivity index (χ3v) is 2.43. The highest BCUT2D eigenvalue weighted by atomic mass is 16.2. The minimum absolute atomic E-state index is 0.0824. The van der Waals surface area contributed by atoms with Crippen LogP contribution in [0.15, 0.2) is 15.9 Å². The van der Waals surface area contributed by atoms with Crippen LogP contribution >= 0.6 is 0 Å². The Labute approximate surface area is 77.6 Å². The summed E-state index contributed by atoms with van der Waals surface area (Å²) in [6.45, 7) is 0. The van der Waals surface area contributed by atoms with Crippen LogP contribution in [0.1, 0.15) is 18.9 Å². The highest BCUT2D eigenvalue weighted by Gasteiger charge is 2.27. The monoisotopic (exact) mass is 192 g/mol. The first-order valence-electron chi connectivity index (χ1n) is 4.45. The zero-order chi connectivity index (χ0) is 9.71. The molecule has 0 unspecified atom stereocenters. The van der Waals surface area contributed by atoms with E-state index in [9.17, 15) is 9.59 Å². The molecule has 6 heteroatoms. The Morgan fingerprint density at radius 3 is 2.93 bits per heavy atom. The van der Waals surface area contributed by atoms with Crippen LogP contribution in [-0.4, -0.2) is 19.5 Å². The van der Waals surface area contributed by atoms with Gasteiger partial charge in [0.2, 0.25) is 0 Å². The lowest BCUT2D eigenvalue weighted by Gasteiger charge is -1.99. The van der Waals surface area contributed by atoms with Gasteiger partial charge in [-0.15, -0.1) is 0 Å². The van der Waals surface area contributed by atoms with Gasteiger partial charge in [-0.1, -0.05) is 0 Å². The molecule has 1 saturated carbocycles. The van der Waals surface area contributed by atoms with Gasteiger partial charge in [-0.05, 0) is 12.8 Å². The maximum Gasteiger partial charge on any atom is 0.330 e. The molecule has 0 bridgehead atoms. The van der Waals surface area contributed by atoms with Crippen molar-refractivity contribution < 1.29 is 0 Å². The lowest BCUT2D eigenvalue weighted by Crippen LogP contribution is -2.34. The molecular formula is C8H8N4O2. The van der Waals surface area contributed by atoms with E-state index in [1.54, 1.807) is 0 Å². The maximum atomic E-state index is 11.8. The summed E-state index contributed by atoms with van der Waals surface area (Å²) >= 11 is 0. The quantitative estimate of drug-likeness (QED) is 0.653. The van der Waals surface area contributed by atoms with E-state index in [-0.39, 0.29) is 17.3 Å².